The molecule has 0 radical (unpaired) electrons. The summed E-state index contributed by atoms with van der Waals surface area (Å²) < 4.78 is 30.2. The number of carbonyl (C=O) groups excluding carboxylic acids is 3. The SMILES string of the molecule is CN1Cc2ncc(-c3cc(C(=O)Nc4ccc(OC(F)(F)Cl)cc4)cc4c3C3(CCCCC3)C(=O)N4)cc2C1=O. The summed E-state index contributed by atoms with van der Waals surface area (Å²) in [4.78, 5) is 45.7. The molecule has 1 aliphatic carbocycles. The molecule has 2 N–H and O–H groups in total. The molecule has 1 saturated carbocycles. The number of alkyl halides is 3. The van der Waals surface area contributed by atoms with Crippen LogP contribution < -0.4 is 15.4 Å². The summed E-state index contributed by atoms with van der Waals surface area (Å²) in [5, 5.41) is 5.76. The Hall–Kier alpha value is -4.05. The number of hydrogen-bond donors (Lipinski definition) is 2. The molecule has 1 aromatic heterocycles. The minimum Gasteiger partial charge on any atom is -0.420 e. The molecule has 0 atom stereocenters. The van der Waals surface area contributed by atoms with Crippen molar-refractivity contribution in [3.63, 3.8) is 0 Å². The zero-order chi connectivity index (χ0) is 28.2. The molecular formula is C29H25ClF2N4O4. The van der Waals surface area contributed by atoms with E-state index in [0.717, 1.165) is 24.8 Å². The Bertz CT molecular complexity index is 1550. The van der Waals surface area contributed by atoms with Crippen LogP contribution in [0.25, 0.3) is 11.1 Å². The first-order chi connectivity index (χ1) is 19.0. The van der Waals surface area contributed by atoms with Gasteiger partial charge in [-0.1, -0.05) is 19.3 Å². The predicted molar refractivity (Wildman–Crippen MR) is 145 cm³/mol. The molecule has 3 heterocycles. The van der Waals surface area contributed by atoms with Crippen molar-refractivity contribution in [3.05, 3.63) is 71.0 Å². The second-order valence-electron chi connectivity index (χ2n) is 10.4. The quantitative estimate of drug-likeness (QED) is 0.374. The molecule has 0 bridgehead atoms. The van der Waals surface area contributed by atoms with Crippen molar-refractivity contribution in [2.45, 2.75) is 49.6 Å². The topological polar surface area (TPSA) is 101 Å². The van der Waals surface area contributed by atoms with E-state index in [0.29, 0.717) is 53.1 Å². The van der Waals surface area contributed by atoms with E-state index >= 15 is 0 Å². The van der Waals surface area contributed by atoms with Crippen molar-refractivity contribution < 1.29 is 27.9 Å². The summed E-state index contributed by atoms with van der Waals surface area (Å²) in [7, 11) is 1.71. The molecule has 40 heavy (non-hydrogen) atoms. The van der Waals surface area contributed by atoms with Gasteiger partial charge >= 0.3 is 5.57 Å². The van der Waals surface area contributed by atoms with E-state index < -0.39 is 16.9 Å². The molecule has 2 aliphatic heterocycles. The number of benzene rings is 2. The number of nitrogens with one attached hydrogen (secondary N) is 2. The highest BCUT2D eigenvalue weighted by Gasteiger charge is 2.49. The summed E-state index contributed by atoms with van der Waals surface area (Å²) in [6.07, 6.45) is 5.95. The molecule has 0 saturated heterocycles. The van der Waals surface area contributed by atoms with Crippen LogP contribution in [0.1, 0.15) is 64.1 Å². The van der Waals surface area contributed by atoms with Crippen LogP contribution in [0.3, 0.4) is 0 Å². The Balaban J connectivity index is 1.40. The van der Waals surface area contributed by atoms with Gasteiger partial charge in [0.15, 0.2) is 0 Å². The van der Waals surface area contributed by atoms with Gasteiger partial charge < -0.3 is 20.3 Å². The summed E-state index contributed by atoms with van der Waals surface area (Å²) in [5.74, 6) is -0.847. The van der Waals surface area contributed by atoms with Crippen molar-refractivity contribution in [2.75, 3.05) is 17.7 Å². The van der Waals surface area contributed by atoms with Crippen molar-refractivity contribution in [1.82, 2.24) is 9.88 Å². The normalized spacial score (nSPS) is 17.4. The minimum absolute atomic E-state index is 0.0855. The fraction of sp³-hybridized carbons (Fsp3) is 0.310. The summed E-state index contributed by atoms with van der Waals surface area (Å²) >= 11 is 4.81. The second kappa shape index (κ2) is 9.55. The molecule has 6 rings (SSSR count). The Labute approximate surface area is 233 Å². The molecule has 3 aromatic rings. The molecule has 3 amide bonds. The lowest BCUT2D eigenvalue weighted by molar-refractivity contribution is -0.121. The molecule has 3 aliphatic rings. The summed E-state index contributed by atoms with van der Waals surface area (Å²) in [6, 6.07) is 10.5. The van der Waals surface area contributed by atoms with Crippen LogP contribution in [0.5, 0.6) is 5.75 Å². The molecule has 206 valence electrons. The average molecular weight is 567 g/mol. The summed E-state index contributed by atoms with van der Waals surface area (Å²) in [6.45, 7) is 0.422. The van der Waals surface area contributed by atoms with Crippen molar-refractivity contribution in [2.24, 2.45) is 0 Å². The van der Waals surface area contributed by atoms with E-state index in [1.54, 1.807) is 36.3 Å². The number of hydrogen-bond acceptors (Lipinski definition) is 5. The predicted octanol–water partition coefficient (Wildman–Crippen LogP) is 5.91. The third-order valence-electron chi connectivity index (χ3n) is 7.86. The fourth-order valence-corrected chi connectivity index (χ4v) is 6.09. The third kappa shape index (κ3) is 4.56. The highest BCUT2D eigenvalue weighted by molar-refractivity contribution is 6.20. The van der Waals surface area contributed by atoms with Gasteiger partial charge in [-0.3, -0.25) is 19.4 Å². The first kappa shape index (κ1) is 26.2. The number of amides is 3. The van der Waals surface area contributed by atoms with Gasteiger partial charge in [0, 0.05) is 47.3 Å². The smallest absolute Gasteiger partial charge is 0.420 e. The first-order valence-electron chi connectivity index (χ1n) is 13.0. The third-order valence-corrected chi connectivity index (χ3v) is 7.94. The number of pyridine rings is 1. The van der Waals surface area contributed by atoms with E-state index in [4.69, 9.17) is 11.6 Å². The standard InChI is InChI=1S/C29H25ClF2N4O4/c1-36-15-23-21(26(36)38)12-17(14-33-23)20-11-16(13-22-24(20)28(27(39)35-22)9-3-2-4-10-28)25(37)34-18-5-7-19(8-6-18)40-29(30,31)32/h5-8,11-14H,2-4,9-10,15H2,1H3,(H,34,37)(H,35,39). The van der Waals surface area contributed by atoms with Crippen molar-refractivity contribution in [3.8, 4) is 16.9 Å². The number of fused-ring (bicyclic) bond motifs is 3. The van der Waals surface area contributed by atoms with Crippen LogP contribution >= 0.6 is 11.6 Å². The van der Waals surface area contributed by atoms with Gasteiger partial charge in [0.2, 0.25) is 5.91 Å². The van der Waals surface area contributed by atoms with Crippen LogP contribution in [0.15, 0.2) is 48.7 Å². The zero-order valence-corrected chi connectivity index (χ0v) is 22.3. The van der Waals surface area contributed by atoms with Gasteiger partial charge in [-0.25, -0.2) is 0 Å². The van der Waals surface area contributed by atoms with E-state index in [2.05, 4.69) is 20.4 Å². The average Bonchev–Trinajstić information content (AvgIpc) is 3.35. The van der Waals surface area contributed by atoms with Crippen molar-refractivity contribution >= 4 is 40.7 Å². The highest BCUT2D eigenvalue weighted by Crippen LogP contribution is 2.51. The lowest BCUT2D eigenvalue weighted by atomic mass is 9.68. The molecule has 0 unspecified atom stereocenters. The number of rotatable bonds is 5. The second-order valence-corrected chi connectivity index (χ2v) is 10.9. The molecular weight excluding hydrogens is 542 g/mol. The van der Waals surface area contributed by atoms with Crippen LogP contribution in [0, 0.1) is 0 Å². The van der Waals surface area contributed by atoms with Gasteiger partial charge in [-0.05, 0) is 66.4 Å². The first-order valence-corrected chi connectivity index (χ1v) is 13.3. The highest BCUT2D eigenvalue weighted by atomic mass is 35.5. The summed E-state index contributed by atoms with van der Waals surface area (Å²) in [5.41, 5.74) is -0.0326. The number of aromatic nitrogens is 1. The van der Waals surface area contributed by atoms with E-state index in [1.165, 1.54) is 24.3 Å². The van der Waals surface area contributed by atoms with E-state index in [1.807, 2.05) is 0 Å². The minimum atomic E-state index is -3.85. The maximum absolute atomic E-state index is 13.4. The molecule has 8 nitrogen and oxygen atoms in total. The largest absolute Gasteiger partial charge is 0.487 e. The van der Waals surface area contributed by atoms with Gasteiger partial charge in [-0.2, -0.15) is 0 Å². The van der Waals surface area contributed by atoms with Crippen LogP contribution in [-0.4, -0.2) is 40.2 Å². The van der Waals surface area contributed by atoms with Gasteiger partial charge in [0.1, 0.15) is 5.75 Å². The number of ether oxygens (including phenoxy) is 1. The Morgan fingerprint density at radius 1 is 1.10 bits per heavy atom. The molecule has 1 fully saturated rings. The van der Waals surface area contributed by atoms with Crippen molar-refractivity contribution in [1.29, 1.82) is 0 Å². The van der Waals surface area contributed by atoms with Crippen LogP contribution in [-0.2, 0) is 16.8 Å². The number of nitrogens with zero attached hydrogens (tertiary/aromatic N) is 2. The van der Waals surface area contributed by atoms with Crippen LogP contribution in [0.4, 0.5) is 20.2 Å². The van der Waals surface area contributed by atoms with E-state index in [9.17, 15) is 23.2 Å². The van der Waals surface area contributed by atoms with Gasteiger partial charge in [0.05, 0.1) is 23.2 Å². The number of anilines is 2. The Morgan fingerprint density at radius 2 is 1.82 bits per heavy atom. The number of carbonyl (C=O) groups is 3. The molecule has 2 aromatic carbocycles. The lowest BCUT2D eigenvalue weighted by Crippen LogP contribution is -2.36. The maximum atomic E-state index is 13.4. The number of halogens is 3. The van der Waals surface area contributed by atoms with Gasteiger partial charge in [0.25, 0.3) is 11.8 Å². The van der Waals surface area contributed by atoms with Crippen LogP contribution in [0.2, 0.25) is 0 Å². The molecule has 1 spiro atoms. The Morgan fingerprint density at radius 3 is 2.52 bits per heavy atom. The molecule has 11 heteroatoms. The zero-order valence-electron chi connectivity index (χ0n) is 21.5. The maximum Gasteiger partial charge on any atom is 0.487 e. The fourth-order valence-electron chi connectivity index (χ4n) is 6.00. The Kier molecular flexibility index (Phi) is 6.25. The van der Waals surface area contributed by atoms with Gasteiger partial charge in [-0.15, -0.1) is 8.78 Å². The lowest BCUT2D eigenvalue weighted by Gasteiger charge is -2.33. The van der Waals surface area contributed by atoms with E-state index in [-0.39, 0.29) is 23.1 Å². The monoisotopic (exact) mass is 566 g/mol.